The maximum Gasteiger partial charge on any atom is 0.0706 e. The van der Waals surface area contributed by atoms with E-state index in [2.05, 4.69) is 17.0 Å². The zero-order valence-corrected chi connectivity index (χ0v) is 9.84. The summed E-state index contributed by atoms with van der Waals surface area (Å²) in [6.45, 7) is 9.55. The highest BCUT2D eigenvalue weighted by molar-refractivity contribution is 7.08. The maximum absolute atomic E-state index is 4.23. The minimum absolute atomic E-state index is 0.966. The molecule has 0 aliphatic carbocycles. The zero-order valence-electron chi connectivity index (χ0n) is 9.03. The monoisotopic (exact) mass is 207 g/mol. The first-order valence-corrected chi connectivity index (χ1v) is 5.66. The van der Waals surface area contributed by atoms with Crippen molar-refractivity contribution in [3.05, 3.63) is 41.1 Å². The van der Waals surface area contributed by atoms with E-state index in [9.17, 15) is 0 Å². The lowest BCUT2D eigenvalue weighted by atomic mass is 10.2. The average Bonchev–Trinajstić information content (AvgIpc) is 2.73. The molecule has 1 nitrogen and oxygen atoms in total. The van der Waals surface area contributed by atoms with Gasteiger partial charge in [0.05, 0.1) is 5.70 Å². The van der Waals surface area contributed by atoms with Gasteiger partial charge in [0, 0.05) is 17.2 Å². The van der Waals surface area contributed by atoms with Crippen molar-refractivity contribution in [3.8, 4) is 0 Å². The van der Waals surface area contributed by atoms with Crippen molar-refractivity contribution in [2.45, 2.75) is 20.8 Å². The van der Waals surface area contributed by atoms with Gasteiger partial charge >= 0.3 is 0 Å². The van der Waals surface area contributed by atoms with Crippen LogP contribution in [0.4, 0.5) is 0 Å². The smallest absolute Gasteiger partial charge is 0.0706 e. The first kappa shape index (κ1) is 12.8. The lowest BCUT2D eigenvalue weighted by Crippen LogP contribution is -1.75. The highest BCUT2D eigenvalue weighted by Gasteiger charge is 1.96. The van der Waals surface area contributed by atoms with Gasteiger partial charge in [0.15, 0.2) is 0 Å². The Labute approximate surface area is 90.5 Å². The van der Waals surface area contributed by atoms with E-state index in [4.69, 9.17) is 0 Å². The van der Waals surface area contributed by atoms with Gasteiger partial charge in [-0.1, -0.05) is 26.5 Å². The van der Waals surface area contributed by atoms with Gasteiger partial charge in [-0.25, -0.2) is 0 Å². The first-order chi connectivity index (χ1) is 6.88. The Morgan fingerprint density at radius 2 is 2.21 bits per heavy atom. The molecule has 1 aromatic rings. The van der Waals surface area contributed by atoms with E-state index in [1.54, 1.807) is 23.6 Å². The van der Waals surface area contributed by atoms with Crippen molar-refractivity contribution in [1.29, 1.82) is 0 Å². The molecule has 1 heterocycles. The van der Waals surface area contributed by atoms with E-state index in [-0.39, 0.29) is 0 Å². The first-order valence-electron chi connectivity index (χ1n) is 4.72. The van der Waals surface area contributed by atoms with Crippen molar-refractivity contribution in [3.63, 3.8) is 0 Å². The summed E-state index contributed by atoms with van der Waals surface area (Å²) < 4.78 is 0. The Bertz CT molecular complexity index is 294. The minimum Gasteiger partial charge on any atom is -0.261 e. The zero-order chi connectivity index (χ0) is 10.8. The van der Waals surface area contributed by atoms with Crippen LogP contribution < -0.4 is 0 Å². The Morgan fingerprint density at radius 1 is 1.50 bits per heavy atom. The summed E-state index contributed by atoms with van der Waals surface area (Å²) in [5.41, 5.74) is 2.12. The van der Waals surface area contributed by atoms with E-state index in [1.165, 1.54) is 0 Å². The second kappa shape index (κ2) is 8.45. The highest BCUT2D eigenvalue weighted by Crippen LogP contribution is 2.18. The number of rotatable bonds is 3. The Kier molecular flexibility index (Phi) is 7.75. The third-order valence-corrected chi connectivity index (χ3v) is 2.04. The number of aliphatic imine (C=N–C) groups is 1. The molecule has 0 saturated heterocycles. The molecule has 0 amide bonds. The van der Waals surface area contributed by atoms with E-state index in [0.717, 1.165) is 11.3 Å². The van der Waals surface area contributed by atoms with Gasteiger partial charge in [0.2, 0.25) is 0 Å². The van der Waals surface area contributed by atoms with Gasteiger partial charge in [-0.05, 0) is 24.4 Å². The van der Waals surface area contributed by atoms with Crippen LogP contribution in [-0.4, -0.2) is 6.21 Å². The summed E-state index contributed by atoms with van der Waals surface area (Å²) >= 11 is 1.67. The second-order valence-corrected chi connectivity index (χ2v) is 2.97. The molecule has 0 aliphatic rings. The molecule has 0 spiro atoms. The molecule has 1 aromatic heterocycles. The third-order valence-electron chi connectivity index (χ3n) is 1.36. The second-order valence-electron chi connectivity index (χ2n) is 2.19. The summed E-state index contributed by atoms with van der Waals surface area (Å²) in [6.07, 6.45) is 5.44. The molecule has 0 aromatic carbocycles. The summed E-state index contributed by atoms with van der Waals surface area (Å²) in [4.78, 5) is 4.23. The maximum atomic E-state index is 4.23. The molecule has 0 saturated carbocycles. The molecular weight excluding hydrogens is 190 g/mol. The normalized spacial score (nSPS) is 10.9. The van der Waals surface area contributed by atoms with Crippen LogP contribution in [0.3, 0.4) is 0 Å². The summed E-state index contributed by atoms with van der Waals surface area (Å²) in [7, 11) is 0. The average molecular weight is 207 g/mol. The van der Waals surface area contributed by atoms with Crippen LogP contribution in [0.25, 0.3) is 5.70 Å². The number of thiophene rings is 1. The molecule has 0 aliphatic heterocycles. The van der Waals surface area contributed by atoms with Gasteiger partial charge in [-0.15, -0.1) is 0 Å². The van der Waals surface area contributed by atoms with Gasteiger partial charge < -0.3 is 0 Å². The summed E-state index contributed by atoms with van der Waals surface area (Å²) in [6, 6.07) is 2.05. The van der Waals surface area contributed by atoms with Crippen molar-refractivity contribution in [2.75, 3.05) is 0 Å². The summed E-state index contributed by atoms with van der Waals surface area (Å²) in [5, 5.41) is 4.11. The Hall–Kier alpha value is -1.15. The van der Waals surface area contributed by atoms with Crippen LogP contribution in [0, 0.1) is 0 Å². The molecule has 2 heteroatoms. The highest BCUT2D eigenvalue weighted by atomic mass is 32.1. The summed E-state index contributed by atoms with van der Waals surface area (Å²) in [5.74, 6) is 0. The van der Waals surface area contributed by atoms with Crippen LogP contribution in [0.15, 0.2) is 40.5 Å². The van der Waals surface area contributed by atoms with E-state index >= 15 is 0 Å². The quantitative estimate of drug-likeness (QED) is 0.515. The number of allylic oxidation sites excluding steroid dienone is 2. The topological polar surface area (TPSA) is 12.4 Å². The molecule has 0 fully saturated rings. The van der Waals surface area contributed by atoms with Crippen molar-refractivity contribution >= 4 is 23.2 Å². The molecular formula is C12H17NS. The predicted octanol–water partition coefficient (Wildman–Crippen LogP) is 4.39. The minimum atomic E-state index is 0.966. The molecule has 1 rings (SSSR count). The molecule has 14 heavy (non-hydrogen) atoms. The number of hydrogen-bond acceptors (Lipinski definition) is 2. The van der Waals surface area contributed by atoms with Crippen LogP contribution in [-0.2, 0) is 0 Å². The number of hydrogen-bond donors (Lipinski definition) is 0. The van der Waals surface area contributed by atoms with Crippen molar-refractivity contribution in [2.24, 2.45) is 4.99 Å². The van der Waals surface area contributed by atoms with Crippen molar-refractivity contribution < 1.29 is 0 Å². The SMILES string of the molecule is C=C/C=C(\N=CC)c1ccsc1.CC. The van der Waals surface area contributed by atoms with Gasteiger partial charge in [-0.2, -0.15) is 11.3 Å². The standard InChI is InChI=1S/C10H11NS.C2H6/c1-3-5-10(11-4-2)9-6-7-12-8-9;1-2/h3-8H,1H2,2H3;1-2H3/b10-5-,11-4?;. The molecule has 0 unspecified atom stereocenters. The molecule has 0 bridgehead atoms. The van der Waals surface area contributed by atoms with Crippen molar-refractivity contribution in [1.82, 2.24) is 0 Å². The fourth-order valence-electron chi connectivity index (χ4n) is 0.875. The fraction of sp³-hybridized carbons (Fsp3) is 0.250. The number of nitrogens with zero attached hydrogens (tertiary/aromatic N) is 1. The molecule has 76 valence electrons. The van der Waals surface area contributed by atoms with Crippen LogP contribution in [0.2, 0.25) is 0 Å². The lowest BCUT2D eigenvalue weighted by Gasteiger charge is -1.94. The lowest BCUT2D eigenvalue weighted by molar-refractivity contribution is 1.50. The Balaban J connectivity index is 0.000000791. The predicted molar refractivity (Wildman–Crippen MR) is 68.0 cm³/mol. The Morgan fingerprint density at radius 3 is 2.64 bits per heavy atom. The van der Waals surface area contributed by atoms with Crippen LogP contribution in [0.5, 0.6) is 0 Å². The molecule has 0 radical (unpaired) electrons. The van der Waals surface area contributed by atoms with Crippen LogP contribution in [0.1, 0.15) is 26.3 Å². The van der Waals surface area contributed by atoms with E-state index in [0.29, 0.717) is 0 Å². The fourth-order valence-corrected chi connectivity index (χ4v) is 1.52. The molecule has 0 atom stereocenters. The van der Waals surface area contributed by atoms with E-state index < -0.39 is 0 Å². The van der Waals surface area contributed by atoms with Crippen LogP contribution >= 0.6 is 11.3 Å². The molecule has 0 N–H and O–H groups in total. The largest absolute Gasteiger partial charge is 0.261 e. The van der Waals surface area contributed by atoms with Gasteiger partial charge in [0.1, 0.15) is 0 Å². The van der Waals surface area contributed by atoms with E-state index in [1.807, 2.05) is 38.3 Å². The van der Waals surface area contributed by atoms with Gasteiger partial charge in [-0.3, -0.25) is 4.99 Å². The third kappa shape index (κ3) is 4.19. The van der Waals surface area contributed by atoms with Gasteiger partial charge in [0.25, 0.3) is 0 Å².